The van der Waals surface area contributed by atoms with Crippen molar-refractivity contribution in [3.05, 3.63) is 18.5 Å². The molecule has 0 spiro atoms. The third-order valence-corrected chi connectivity index (χ3v) is 5.51. The Kier molecular flexibility index (Phi) is 5.33. The number of amides is 1. The lowest BCUT2D eigenvalue weighted by Crippen LogP contribution is -2.45. The van der Waals surface area contributed by atoms with E-state index in [2.05, 4.69) is 45.7 Å². The number of aromatic nitrogens is 2. The van der Waals surface area contributed by atoms with E-state index in [0.717, 1.165) is 51.4 Å². The fraction of sp³-hybridized carbons (Fsp3) is 0.722. The average Bonchev–Trinajstić information content (AvgIpc) is 3.06. The molecule has 1 aromatic heterocycles. The summed E-state index contributed by atoms with van der Waals surface area (Å²) in [7, 11) is 4.24. The topological polar surface area (TPSA) is 52.6 Å². The van der Waals surface area contributed by atoms with Gasteiger partial charge >= 0.3 is 0 Å². The molecule has 0 unspecified atom stereocenters. The van der Waals surface area contributed by atoms with Crippen LogP contribution in [0.2, 0.25) is 0 Å². The summed E-state index contributed by atoms with van der Waals surface area (Å²) in [4.78, 5) is 28.2. The number of anilines is 1. The Morgan fingerprint density at radius 1 is 1.25 bits per heavy atom. The van der Waals surface area contributed by atoms with Crippen LogP contribution in [-0.2, 0) is 4.79 Å². The second-order valence-corrected chi connectivity index (χ2v) is 7.28. The molecule has 132 valence electrons. The molecule has 2 saturated heterocycles. The number of carbonyl (C=O) groups excluding carboxylic acids is 1. The van der Waals surface area contributed by atoms with Crippen molar-refractivity contribution in [1.82, 2.24) is 19.8 Å². The zero-order valence-electron chi connectivity index (χ0n) is 15.1. The lowest BCUT2D eigenvalue weighted by atomic mass is 9.96. The lowest BCUT2D eigenvalue weighted by Gasteiger charge is -2.34. The molecule has 6 nitrogen and oxygen atoms in total. The van der Waals surface area contributed by atoms with Gasteiger partial charge in [-0.2, -0.15) is 0 Å². The van der Waals surface area contributed by atoms with Crippen molar-refractivity contribution in [3.63, 3.8) is 0 Å². The molecule has 0 radical (unpaired) electrons. The van der Waals surface area contributed by atoms with Gasteiger partial charge in [-0.25, -0.2) is 9.97 Å². The predicted molar refractivity (Wildman–Crippen MR) is 94.8 cm³/mol. The summed E-state index contributed by atoms with van der Waals surface area (Å²) in [6.07, 6.45) is 6.66. The molecular formula is C18H29N5O. The summed E-state index contributed by atoms with van der Waals surface area (Å²) in [5, 5.41) is 0. The number of hydrogen-bond acceptors (Lipinski definition) is 5. The molecular weight excluding hydrogens is 302 g/mol. The average molecular weight is 331 g/mol. The largest absolute Gasteiger partial charge is 0.340 e. The second kappa shape index (κ2) is 7.47. The van der Waals surface area contributed by atoms with Gasteiger partial charge in [0.05, 0.1) is 5.92 Å². The van der Waals surface area contributed by atoms with Crippen LogP contribution in [0, 0.1) is 11.8 Å². The maximum Gasteiger partial charge on any atom is 0.227 e. The third-order valence-electron chi connectivity index (χ3n) is 5.51. The SMILES string of the molecule is CC[C@@H]1CN(C(=O)[C@H]2CCCN(c3ncccn3)C2)C[C@@H]1N(C)C. The molecule has 2 aliphatic rings. The molecule has 6 heteroatoms. The van der Waals surface area contributed by atoms with Crippen molar-refractivity contribution < 1.29 is 4.79 Å². The van der Waals surface area contributed by atoms with Gasteiger partial charge in [0.1, 0.15) is 0 Å². The van der Waals surface area contributed by atoms with Crippen molar-refractivity contribution in [1.29, 1.82) is 0 Å². The van der Waals surface area contributed by atoms with Crippen LogP contribution in [0.3, 0.4) is 0 Å². The first-order valence-electron chi connectivity index (χ1n) is 9.07. The maximum absolute atomic E-state index is 13.0. The van der Waals surface area contributed by atoms with E-state index in [1.165, 1.54) is 0 Å². The summed E-state index contributed by atoms with van der Waals surface area (Å²) in [5.41, 5.74) is 0. The van der Waals surface area contributed by atoms with E-state index < -0.39 is 0 Å². The molecule has 0 saturated carbocycles. The Morgan fingerprint density at radius 2 is 2.00 bits per heavy atom. The summed E-state index contributed by atoms with van der Waals surface area (Å²) in [5.74, 6) is 1.72. The molecule has 0 bridgehead atoms. The number of likely N-dealkylation sites (N-methyl/N-ethyl adjacent to an activating group) is 1. The predicted octanol–water partition coefficient (Wildman–Crippen LogP) is 1.49. The Labute approximate surface area is 144 Å². The molecule has 0 N–H and O–H groups in total. The summed E-state index contributed by atoms with van der Waals surface area (Å²) in [6, 6.07) is 2.31. The normalized spacial score (nSPS) is 27.8. The van der Waals surface area contributed by atoms with Crippen LogP contribution in [0.15, 0.2) is 18.5 Å². The molecule has 0 aliphatic carbocycles. The van der Waals surface area contributed by atoms with Crippen LogP contribution in [0.4, 0.5) is 5.95 Å². The van der Waals surface area contributed by atoms with Gasteiger partial charge in [-0.1, -0.05) is 13.3 Å². The Bertz CT molecular complexity index is 550. The Morgan fingerprint density at radius 3 is 2.62 bits per heavy atom. The minimum absolute atomic E-state index is 0.0703. The molecule has 1 amide bonds. The van der Waals surface area contributed by atoms with E-state index in [1.54, 1.807) is 12.4 Å². The number of rotatable bonds is 4. The zero-order chi connectivity index (χ0) is 17.1. The van der Waals surface area contributed by atoms with Crippen LogP contribution in [0.25, 0.3) is 0 Å². The number of nitrogens with zero attached hydrogens (tertiary/aromatic N) is 5. The summed E-state index contributed by atoms with van der Waals surface area (Å²) >= 11 is 0. The minimum atomic E-state index is 0.0703. The summed E-state index contributed by atoms with van der Waals surface area (Å²) in [6.45, 7) is 5.66. The van der Waals surface area contributed by atoms with Crippen molar-refractivity contribution in [2.45, 2.75) is 32.2 Å². The molecule has 2 fully saturated rings. The second-order valence-electron chi connectivity index (χ2n) is 7.28. The van der Waals surface area contributed by atoms with Crippen molar-refractivity contribution in [2.24, 2.45) is 11.8 Å². The molecule has 3 atom stereocenters. The van der Waals surface area contributed by atoms with Crippen LogP contribution in [0.5, 0.6) is 0 Å². The van der Waals surface area contributed by atoms with E-state index in [4.69, 9.17) is 0 Å². The Hall–Kier alpha value is -1.69. The number of carbonyl (C=O) groups is 1. The number of likely N-dealkylation sites (tertiary alicyclic amines) is 1. The monoisotopic (exact) mass is 331 g/mol. The fourth-order valence-electron chi connectivity index (χ4n) is 4.09. The summed E-state index contributed by atoms with van der Waals surface area (Å²) < 4.78 is 0. The van der Waals surface area contributed by atoms with E-state index in [1.807, 2.05) is 6.07 Å². The smallest absolute Gasteiger partial charge is 0.227 e. The van der Waals surface area contributed by atoms with Gasteiger partial charge in [0, 0.05) is 44.6 Å². The highest BCUT2D eigenvalue weighted by atomic mass is 16.2. The molecule has 1 aromatic rings. The van der Waals surface area contributed by atoms with Gasteiger partial charge in [0.2, 0.25) is 11.9 Å². The van der Waals surface area contributed by atoms with Crippen LogP contribution < -0.4 is 4.90 Å². The van der Waals surface area contributed by atoms with Gasteiger partial charge in [0.25, 0.3) is 0 Å². The van der Waals surface area contributed by atoms with E-state index in [0.29, 0.717) is 17.9 Å². The number of hydrogen-bond donors (Lipinski definition) is 0. The van der Waals surface area contributed by atoms with Crippen LogP contribution in [-0.4, -0.2) is 72.0 Å². The highest BCUT2D eigenvalue weighted by Gasteiger charge is 2.38. The third kappa shape index (κ3) is 3.53. The Balaban J connectivity index is 1.65. The first-order valence-corrected chi connectivity index (χ1v) is 9.07. The van der Waals surface area contributed by atoms with Gasteiger partial charge < -0.3 is 14.7 Å². The first kappa shape index (κ1) is 17.1. The van der Waals surface area contributed by atoms with Gasteiger partial charge in [-0.15, -0.1) is 0 Å². The fourth-order valence-corrected chi connectivity index (χ4v) is 4.09. The van der Waals surface area contributed by atoms with Gasteiger partial charge in [0.15, 0.2) is 0 Å². The van der Waals surface area contributed by atoms with Crippen LogP contribution >= 0.6 is 0 Å². The number of piperidine rings is 1. The maximum atomic E-state index is 13.0. The van der Waals surface area contributed by atoms with E-state index in [-0.39, 0.29) is 5.92 Å². The highest BCUT2D eigenvalue weighted by Crippen LogP contribution is 2.28. The molecule has 0 aromatic carbocycles. The first-order chi connectivity index (χ1) is 11.6. The van der Waals surface area contributed by atoms with Gasteiger partial charge in [-0.05, 0) is 38.9 Å². The van der Waals surface area contributed by atoms with Gasteiger partial charge in [-0.3, -0.25) is 4.79 Å². The van der Waals surface area contributed by atoms with E-state index in [9.17, 15) is 4.79 Å². The molecule has 3 rings (SSSR count). The lowest BCUT2D eigenvalue weighted by molar-refractivity contribution is -0.135. The van der Waals surface area contributed by atoms with Crippen molar-refractivity contribution in [3.8, 4) is 0 Å². The molecule has 2 aliphatic heterocycles. The van der Waals surface area contributed by atoms with Crippen molar-refractivity contribution >= 4 is 11.9 Å². The van der Waals surface area contributed by atoms with E-state index >= 15 is 0 Å². The molecule has 3 heterocycles. The quantitative estimate of drug-likeness (QED) is 0.837. The van der Waals surface area contributed by atoms with Crippen molar-refractivity contribution in [2.75, 3.05) is 45.2 Å². The molecule has 24 heavy (non-hydrogen) atoms. The standard InChI is InChI=1S/C18H29N5O/c1-4-14-11-23(13-16(14)21(2)3)17(24)15-7-5-10-22(12-15)18-19-8-6-9-20-18/h6,8-9,14-16H,4-5,7,10-13H2,1-3H3/t14-,15+,16+/m1/s1. The highest BCUT2D eigenvalue weighted by molar-refractivity contribution is 5.80. The minimum Gasteiger partial charge on any atom is -0.340 e. The van der Waals surface area contributed by atoms with Crippen LogP contribution in [0.1, 0.15) is 26.2 Å². The zero-order valence-corrected chi connectivity index (χ0v) is 15.1.